The van der Waals surface area contributed by atoms with Crippen LogP contribution in [-0.2, 0) is 26.0 Å². The smallest absolute Gasteiger partial charge is 0.316 e. The first-order chi connectivity index (χ1) is 9.98. The third kappa shape index (κ3) is 5.06. The van der Waals surface area contributed by atoms with Crippen molar-refractivity contribution in [2.24, 2.45) is 0 Å². The van der Waals surface area contributed by atoms with Gasteiger partial charge in [0.05, 0.1) is 28.9 Å². The van der Waals surface area contributed by atoms with E-state index in [1.165, 1.54) is 11.8 Å². The molecule has 21 heavy (non-hydrogen) atoms. The highest BCUT2D eigenvalue weighted by Crippen LogP contribution is 2.24. The predicted octanol–water partition coefficient (Wildman–Crippen LogP) is 1.52. The summed E-state index contributed by atoms with van der Waals surface area (Å²) in [5, 5.41) is 8.67. The largest absolute Gasteiger partial charge is 0.460 e. The molecule has 0 saturated carbocycles. The van der Waals surface area contributed by atoms with Crippen molar-refractivity contribution in [3.05, 3.63) is 35.4 Å². The van der Waals surface area contributed by atoms with Crippen LogP contribution in [0, 0.1) is 11.3 Å². The van der Waals surface area contributed by atoms with Crippen molar-refractivity contribution in [2.75, 3.05) is 17.3 Å². The molecular weight excluding hydrogens is 310 g/mol. The lowest BCUT2D eigenvalue weighted by atomic mass is 10.2. The van der Waals surface area contributed by atoms with Crippen molar-refractivity contribution in [2.45, 2.75) is 18.3 Å². The zero-order valence-electron chi connectivity index (χ0n) is 11.3. The summed E-state index contributed by atoms with van der Waals surface area (Å²) in [6, 6.07) is 8.83. The van der Waals surface area contributed by atoms with Gasteiger partial charge in [0.1, 0.15) is 6.61 Å². The number of hydrogen-bond donors (Lipinski definition) is 0. The van der Waals surface area contributed by atoms with Crippen LogP contribution in [0.2, 0.25) is 0 Å². The minimum Gasteiger partial charge on any atom is -0.460 e. The van der Waals surface area contributed by atoms with E-state index in [9.17, 15) is 13.2 Å². The monoisotopic (exact) mass is 325 g/mol. The maximum absolute atomic E-state index is 11.6. The number of nitrogens with zero attached hydrogens (tertiary/aromatic N) is 1. The standard InChI is InChI=1S/C14H15NO4S2/c15-7-11-1-3-12(4-2-11)8-19-14(16)9-20-13-5-6-21(17,18)10-13/h1-4,13H,5-6,8-10H2. The number of carbonyl (C=O) groups is 1. The van der Waals surface area contributed by atoms with Gasteiger partial charge in [-0.2, -0.15) is 5.26 Å². The van der Waals surface area contributed by atoms with E-state index in [1.807, 2.05) is 6.07 Å². The molecule has 0 bridgehead atoms. The summed E-state index contributed by atoms with van der Waals surface area (Å²) in [6.45, 7) is 0.161. The van der Waals surface area contributed by atoms with E-state index < -0.39 is 9.84 Å². The second-order valence-corrected chi connectivity index (χ2v) is 8.32. The molecule has 5 nitrogen and oxygen atoms in total. The van der Waals surface area contributed by atoms with Gasteiger partial charge in [0.25, 0.3) is 0 Å². The Morgan fingerprint density at radius 1 is 1.38 bits per heavy atom. The number of rotatable bonds is 5. The van der Waals surface area contributed by atoms with Gasteiger partial charge in [0.15, 0.2) is 9.84 Å². The molecule has 1 saturated heterocycles. The summed E-state index contributed by atoms with van der Waals surface area (Å²) in [5.41, 5.74) is 1.37. The van der Waals surface area contributed by atoms with Gasteiger partial charge in [-0.3, -0.25) is 4.79 Å². The van der Waals surface area contributed by atoms with Gasteiger partial charge < -0.3 is 4.74 Å². The van der Waals surface area contributed by atoms with Crippen molar-refractivity contribution in [3.63, 3.8) is 0 Å². The molecule has 1 aromatic carbocycles. The van der Waals surface area contributed by atoms with Gasteiger partial charge in [-0.25, -0.2) is 8.42 Å². The van der Waals surface area contributed by atoms with E-state index in [0.717, 1.165) is 5.56 Å². The minimum absolute atomic E-state index is 0.00235. The highest BCUT2D eigenvalue weighted by molar-refractivity contribution is 8.02. The number of sulfone groups is 1. The SMILES string of the molecule is N#Cc1ccc(COC(=O)CSC2CCS(=O)(=O)C2)cc1. The maximum Gasteiger partial charge on any atom is 0.316 e. The van der Waals surface area contributed by atoms with Gasteiger partial charge >= 0.3 is 5.97 Å². The lowest BCUT2D eigenvalue weighted by Crippen LogP contribution is -2.12. The average Bonchev–Trinajstić information content (AvgIpc) is 2.83. The Hall–Kier alpha value is -1.52. The number of ether oxygens (including phenoxy) is 1. The Labute approximate surface area is 128 Å². The van der Waals surface area contributed by atoms with Crippen LogP contribution in [0.3, 0.4) is 0 Å². The molecular formula is C14H15NO4S2. The number of benzene rings is 1. The van der Waals surface area contributed by atoms with E-state index in [1.54, 1.807) is 24.3 Å². The topological polar surface area (TPSA) is 84.2 Å². The van der Waals surface area contributed by atoms with Crippen LogP contribution in [0.5, 0.6) is 0 Å². The fraction of sp³-hybridized carbons (Fsp3) is 0.429. The summed E-state index contributed by atoms with van der Waals surface area (Å²) >= 11 is 1.34. The van der Waals surface area contributed by atoms with Crippen molar-refractivity contribution in [1.29, 1.82) is 5.26 Å². The van der Waals surface area contributed by atoms with Crippen LogP contribution in [0.15, 0.2) is 24.3 Å². The Morgan fingerprint density at radius 3 is 2.67 bits per heavy atom. The van der Waals surface area contributed by atoms with E-state index in [4.69, 9.17) is 10.00 Å². The van der Waals surface area contributed by atoms with Crippen molar-refractivity contribution in [1.82, 2.24) is 0 Å². The second kappa shape index (κ2) is 6.96. The highest BCUT2D eigenvalue weighted by Gasteiger charge is 2.28. The first-order valence-corrected chi connectivity index (χ1v) is 9.32. The summed E-state index contributed by atoms with van der Waals surface area (Å²) < 4.78 is 27.7. The zero-order chi connectivity index (χ0) is 15.3. The highest BCUT2D eigenvalue weighted by atomic mass is 32.2. The molecule has 112 valence electrons. The molecule has 1 unspecified atom stereocenters. The van der Waals surface area contributed by atoms with E-state index in [-0.39, 0.29) is 35.1 Å². The van der Waals surface area contributed by atoms with Gasteiger partial charge in [0.2, 0.25) is 0 Å². The molecule has 0 aliphatic carbocycles. The zero-order valence-corrected chi connectivity index (χ0v) is 13.0. The molecule has 0 radical (unpaired) electrons. The van der Waals surface area contributed by atoms with Crippen LogP contribution in [0.1, 0.15) is 17.5 Å². The Morgan fingerprint density at radius 2 is 2.10 bits per heavy atom. The molecule has 0 aromatic heterocycles. The molecule has 0 spiro atoms. The number of nitriles is 1. The first-order valence-electron chi connectivity index (χ1n) is 6.45. The predicted molar refractivity (Wildman–Crippen MR) is 80.5 cm³/mol. The van der Waals surface area contributed by atoms with Crippen LogP contribution in [0.4, 0.5) is 0 Å². The molecule has 1 heterocycles. The van der Waals surface area contributed by atoms with Crippen molar-refractivity contribution >= 4 is 27.6 Å². The summed E-state index contributed by atoms with van der Waals surface area (Å²) in [5.74, 6) is 0.177. The maximum atomic E-state index is 11.6. The molecule has 1 aliphatic rings. The number of esters is 1. The lowest BCUT2D eigenvalue weighted by molar-refractivity contribution is -0.141. The quantitative estimate of drug-likeness (QED) is 0.763. The molecule has 0 N–H and O–H groups in total. The number of carbonyl (C=O) groups excluding carboxylic acids is 1. The van der Waals surface area contributed by atoms with Crippen LogP contribution in [0.25, 0.3) is 0 Å². The number of thioether (sulfide) groups is 1. The first kappa shape index (κ1) is 15.9. The molecule has 1 aliphatic heterocycles. The molecule has 1 fully saturated rings. The average molecular weight is 325 g/mol. The van der Waals surface area contributed by atoms with E-state index in [0.29, 0.717) is 12.0 Å². The van der Waals surface area contributed by atoms with E-state index in [2.05, 4.69) is 0 Å². The minimum atomic E-state index is -2.90. The van der Waals surface area contributed by atoms with Gasteiger partial charge in [-0.15, -0.1) is 11.8 Å². The van der Waals surface area contributed by atoms with Crippen LogP contribution < -0.4 is 0 Å². The van der Waals surface area contributed by atoms with E-state index >= 15 is 0 Å². The lowest BCUT2D eigenvalue weighted by Gasteiger charge is -2.08. The van der Waals surface area contributed by atoms with Crippen LogP contribution in [-0.4, -0.2) is 36.9 Å². The molecule has 7 heteroatoms. The fourth-order valence-electron chi connectivity index (χ4n) is 1.96. The fourth-order valence-corrected chi connectivity index (χ4v) is 5.40. The Kier molecular flexibility index (Phi) is 5.26. The molecule has 0 amide bonds. The summed E-state index contributed by atoms with van der Waals surface area (Å²) in [6.07, 6.45) is 0.607. The second-order valence-electron chi connectivity index (χ2n) is 4.81. The summed E-state index contributed by atoms with van der Waals surface area (Å²) in [7, 11) is -2.90. The van der Waals surface area contributed by atoms with Crippen molar-refractivity contribution in [3.8, 4) is 6.07 Å². The van der Waals surface area contributed by atoms with Gasteiger partial charge in [0, 0.05) is 5.25 Å². The molecule has 1 atom stereocenters. The number of hydrogen-bond acceptors (Lipinski definition) is 6. The normalized spacial score (nSPS) is 19.9. The third-order valence-corrected chi connectivity index (χ3v) is 6.37. The molecule has 2 rings (SSSR count). The van der Waals surface area contributed by atoms with Gasteiger partial charge in [-0.05, 0) is 24.1 Å². The summed E-state index contributed by atoms with van der Waals surface area (Å²) in [4.78, 5) is 11.6. The van der Waals surface area contributed by atoms with Gasteiger partial charge in [-0.1, -0.05) is 12.1 Å². The third-order valence-electron chi connectivity index (χ3n) is 3.11. The molecule has 1 aromatic rings. The van der Waals surface area contributed by atoms with Crippen molar-refractivity contribution < 1.29 is 17.9 Å². The Bertz CT molecular complexity index is 647. The Balaban J connectivity index is 1.71. The van der Waals surface area contributed by atoms with Crippen LogP contribution >= 0.6 is 11.8 Å².